The smallest absolute Gasteiger partial charge is 0.182 e. The van der Waals surface area contributed by atoms with Crippen molar-refractivity contribution >= 4 is 5.97 Å². The molecule has 124 valence electrons. The van der Waals surface area contributed by atoms with Crippen LogP contribution >= 0.6 is 0 Å². The number of aliphatic hydroxyl groups excluding tert-OH is 2. The lowest BCUT2D eigenvalue weighted by atomic mass is 10.2. The number of aliphatic hydroxyl groups is 2. The van der Waals surface area contributed by atoms with Gasteiger partial charge in [0.15, 0.2) is 13.5 Å². The van der Waals surface area contributed by atoms with Crippen LogP contribution in [0.1, 0.15) is 39.5 Å². The van der Waals surface area contributed by atoms with Crippen molar-refractivity contribution in [2.75, 3.05) is 33.2 Å². The zero-order chi connectivity index (χ0) is 16.1. The van der Waals surface area contributed by atoms with Gasteiger partial charge in [0.2, 0.25) is 0 Å². The van der Waals surface area contributed by atoms with E-state index in [1.807, 2.05) is 6.08 Å². The van der Waals surface area contributed by atoms with Crippen molar-refractivity contribution in [3.05, 3.63) is 12.2 Å². The molecular formula is C15H29NO5. The molecule has 1 atom stereocenters. The first kappa shape index (κ1) is 20.1. The Morgan fingerprint density at radius 1 is 1.29 bits per heavy atom. The highest BCUT2D eigenvalue weighted by molar-refractivity contribution is 5.69. The molecule has 0 aliphatic heterocycles. The summed E-state index contributed by atoms with van der Waals surface area (Å²) in [6, 6.07) is -0.992. The fraction of sp³-hybridized carbons (Fsp3) is 0.800. The minimum atomic E-state index is -1.30. The number of quaternary nitrogens is 1. The van der Waals surface area contributed by atoms with E-state index in [1.54, 1.807) is 0 Å². The molecule has 6 nitrogen and oxygen atoms in total. The van der Waals surface area contributed by atoms with Crippen LogP contribution in [0.4, 0.5) is 0 Å². The van der Waals surface area contributed by atoms with Crippen molar-refractivity contribution < 1.29 is 29.3 Å². The van der Waals surface area contributed by atoms with Crippen LogP contribution in [0.2, 0.25) is 0 Å². The van der Waals surface area contributed by atoms with E-state index in [4.69, 9.17) is 4.74 Å². The minimum absolute atomic E-state index is 0.214. The Morgan fingerprint density at radius 3 is 2.48 bits per heavy atom. The largest absolute Gasteiger partial charge is 0.544 e. The van der Waals surface area contributed by atoms with Gasteiger partial charge in [0.05, 0.1) is 19.2 Å². The first-order valence-electron chi connectivity index (χ1n) is 7.55. The van der Waals surface area contributed by atoms with Gasteiger partial charge in [-0.25, -0.2) is 0 Å². The van der Waals surface area contributed by atoms with Crippen molar-refractivity contribution in [1.29, 1.82) is 0 Å². The summed E-state index contributed by atoms with van der Waals surface area (Å²) in [5.74, 6) is -1.30. The van der Waals surface area contributed by atoms with Crippen molar-refractivity contribution in [3.8, 4) is 0 Å². The predicted octanol–water partition coefficient (Wildman–Crippen LogP) is -0.00570. The zero-order valence-corrected chi connectivity index (χ0v) is 13.2. The lowest BCUT2D eigenvalue weighted by molar-refractivity contribution is -0.975. The first-order chi connectivity index (χ1) is 10.0. The number of hydrogen-bond acceptors (Lipinski definition) is 5. The standard InChI is InChI=1S/C15H29NO5/c1-3-4-5-6-7-8-10-21-11-9-16(12-17,13-18)14(2)15(19)20/h7-8,14,17-18H,3-6,9-13H2,1-2H3/b8-7+. The molecule has 2 N–H and O–H groups in total. The Labute approximate surface area is 127 Å². The van der Waals surface area contributed by atoms with Crippen LogP contribution < -0.4 is 5.11 Å². The number of carbonyl (C=O) groups is 1. The number of rotatable bonds is 13. The number of unbranched alkanes of at least 4 members (excludes halogenated alkanes) is 3. The summed E-state index contributed by atoms with van der Waals surface area (Å²) < 4.78 is 5.02. The number of hydrogen-bond donors (Lipinski definition) is 2. The molecule has 0 aliphatic rings. The van der Waals surface area contributed by atoms with E-state index >= 15 is 0 Å². The second kappa shape index (κ2) is 11.7. The molecule has 0 aromatic carbocycles. The highest BCUT2D eigenvalue weighted by Gasteiger charge is 2.33. The second-order valence-corrected chi connectivity index (χ2v) is 5.26. The summed E-state index contributed by atoms with van der Waals surface area (Å²) in [5.41, 5.74) is 0. The average molecular weight is 303 g/mol. The molecule has 0 saturated heterocycles. The number of nitrogens with zero attached hydrogens (tertiary/aromatic N) is 1. The van der Waals surface area contributed by atoms with E-state index in [0.29, 0.717) is 6.61 Å². The normalized spacial score (nSPS) is 13.7. The van der Waals surface area contributed by atoms with Gasteiger partial charge < -0.3 is 24.9 Å². The van der Waals surface area contributed by atoms with Crippen LogP contribution in [-0.4, -0.2) is 59.9 Å². The zero-order valence-electron chi connectivity index (χ0n) is 13.2. The van der Waals surface area contributed by atoms with Gasteiger partial charge in [-0.2, -0.15) is 0 Å². The van der Waals surface area contributed by atoms with Crippen LogP contribution in [0.15, 0.2) is 12.2 Å². The first-order valence-corrected chi connectivity index (χ1v) is 7.55. The van der Waals surface area contributed by atoms with Crippen molar-refractivity contribution in [3.63, 3.8) is 0 Å². The van der Waals surface area contributed by atoms with Crippen molar-refractivity contribution in [2.24, 2.45) is 0 Å². The molecule has 6 heteroatoms. The summed E-state index contributed by atoms with van der Waals surface area (Å²) in [4.78, 5) is 10.9. The topological polar surface area (TPSA) is 89.8 Å². The second-order valence-electron chi connectivity index (χ2n) is 5.26. The molecule has 0 aliphatic carbocycles. The maximum atomic E-state index is 10.9. The molecule has 0 aromatic heterocycles. The van der Waals surface area contributed by atoms with E-state index in [2.05, 4.69) is 13.0 Å². The average Bonchev–Trinajstić information content (AvgIpc) is 2.49. The molecule has 0 heterocycles. The number of carboxylic acids is 1. The predicted molar refractivity (Wildman–Crippen MR) is 77.9 cm³/mol. The van der Waals surface area contributed by atoms with Gasteiger partial charge in [0.25, 0.3) is 0 Å². The summed E-state index contributed by atoms with van der Waals surface area (Å²) in [7, 11) is 0. The van der Waals surface area contributed by atoms with Crippen LogP contribution in [0, 0.1) is 0 Å². The van der Waals surface area contributed by atoms with Crippen LogP contribution in [0.3, 0.4) is 0 Å². The summed E-state index contributed by atoms with van der Waals surface area (Å²) in [5, 5.41) is 29.7. The van der Waals surface area contributed by atoms with Crippen LogP contribution in [0.5, 0.6) is 0 Å². The van der Waals surface area contributed by atoms with Crippen LogP contribution in [-0.2, 0) is 9.53 Å². The Bertz CT molecular complexity index is 302. The van der Waals surface area contributed by atoms with Gasteiger partial charge >= 0.3 is 0 Å². The molecule has 0 spiro atoms. The molecule has 0 aromatic rings. The maximum absolute atomic E-state index is 10.9. The molecule has 0 radical (unpaired) electrons. The molecular weight excluding hydrogens is 274 g/mol. The highest BCUT2D eigenvalue weighted by atomic mass is 16.5. The van der Waals surface area contributed by atoms with E-state index in [9.17, 15) is 20.1 Å². The van der Waals surface area contributed by atoms with Gasteiger partial charge in [-0.15, -0.1) is 0 Å². The fourth-order valence-electron chi connectivity index (χ4n) is 1.94. The summed E-state index contributed by atoms with van der Waals surface area (Å²) in [6.45, 7) is 3.55. The van der Waals surface area contributed by atoms with Gasteiger partial charge in [0.1, 0.15) is 12.6 Å². The minimum Gasteiger partial charge on any atom is -0.544 e. The molecule has 0 saturated carbocycles. The summed E-state index contributed by atoms with van der Waals surface area (Å²) in [6.07, 6.45) is 8.63. The monoisotopic (exact) mass is 303 g/mol. The Hall–Kier alpha value is -0.950. The van der Waals surface area contributed by atoms with Gasteiger partial charge in [-0.05, 0) is 19.8 Å². The fourth-order valence-corrected chi connectivity index (χ4v) is 1.94. The van der Waals surface area contributed by atoms with Gasteiger partial charge in [-0.1, -0.05) is 31.9 Å². The maximum Gasteiger partial charge on any atom is 0.182 e. The lowest BCUT2D eigenvalue weighted by Gasteiger charge is -2.40. The Kier molecular flexibility index (Phi) is 11.2. The van der Waals surface area contributed by atoms with Crippen LogP contribution in [0.25, 0.3) is 0 Å². The molecule has 0 bridgehead atoms. The molecule has 0 fully saturated rings. The number of carboxylic acid groups (broad SMARTS) is 1. The van der Waals surface area contributed by atoms with E-state index in [0.717, 1.165) is 6.42 Å². The third-order valence-corrected chi connectivity index (χ3v) is 3.76. The molecule has 0 rings (SSSR count). The number of carbonyl (C=O) groups excluding carboxylic acids is 1. The van der Waals surface area contributed by atoms with E-state index in [-0.39, 0.29) is 17.6 Å². The third-order valence-electron chi connectivity index (χ3n) is 3.76. The Balaban J connectivity index is 4.02. The number of allylic oxidation sites excluding steroid dienone is 1. The van der Waals surface area contributed by atoms with Gasteiger partial charge in [0, 0.05) is 0 Å². The number of aliphatic carboxylic acids is 1. The SMILES string of the molecule is CCCCC/C=C/COCC[N+](CO)(CO)C(C)C(=O)[O-]. The Morgan fingerprint density at radius 2 is 1.95 bits per heavy atom. The van der Waals surface area contributed by atoms with Crippen molar-refractivity contribution in [1.82, 2.24) is 0 Å². The molecule has 0 amide bonds. The quantitative estimate of drug-likeness (QED) is 0.216. The van der Waals surface area contributed by atoms with Gasteiger partial charge in [-0.3, -0.25) is 4.48 Å². The molecule has 1 unspecified atom stereocenters. The highest BCUT2D eigenvalue weighted by Crippen LogP contribution is 2.11. The number of ether oxygens (including phenoxy) is 1. The molecule has 21 heavy (non-hydrogen) atoms. The lowest BCUT2D eigenvalue weighted by Crippen LogP contribution is -2.62. The summed E-state index contributed by atoms with van der Waals surface area (Å²) >= 11 is 0. The van der Waals surface area contributed by atoms with E-state index < -0.39 is 25.5 Å². The third kappa shape index (κ3) is 7.57. The van der Waals surface area contributed by atoms with E-state index in [1.165, 1.54) is 26.2 Å². The van der Waals surface area contributed by atoms with Crippen molar-refractivity contribution in [2.45, 2.75) is 45.6 Å².